The molecule has 1 aliphatic rings. The highest BCUT2D eigenvalue weighted by Gasteiger charge is 2.33. The van der Waals surface area contributed by atoms with Crippen LogP contribution in [0.15, 0.2) is 22.7 Å². The number of rotatable bonds is 4. The predicted octanol–water partition coefficient (Wildman–Crippen LogP) is 2.15. The number of halogens is 2. The van der Waals surface area contributed by atoms with Gasteiger partial charge in [-0.25, -0.2) is 4.39 Å². The molecule has 1 heterocycles. The number of likely N-dealkylation sites (N-methyl/N-ethyl adjacent to an activating group) is 1. The highest BCUT2D eigenvalue weighted by Crippen LogP contribution is 2.21. The summed E-state index contributed by atoms with van der Waals surface area (Å²) in [7, 11) is 0. The maximum Gasteiger partial charge on any atom is 0.231 e. The number of anilines is 1. The van der Waals surface area contributed by atoms with Crippen molar-refractivity contribution in [1.82, 2.24) is 5.32 Å². The number of hydrogen-bond donors (Lipinski definition) is 2. The van der Waals surface area contributed by atoms with E-state index >= 15 is 0 Å². The molecule has 1 amide bonds. The van der Waals surface area contributed by atoms with Crippen molar-refractivity contribution in [3.05, 3.63) is 28.5 Å². The molecule has 2 unspecified atom stereocenters. The molecule has 0 radical (unpaired) electrons. The van der Waals surface area contributed by atoms with Gasteiger partial charge in [0.1, 0.15) is 5.82 Å². The van der Waals surface area contributed by atoms with Crippen LogP contribution < -0.4 is 10.6 Å². The van der Waals surface area contributed by atoms with Crippen molar-refractivity contribution in [3.63, 3.8) is 0 Å². The lowest BCUT2D eigenvalue weighted by atomic mass is 10.0. The van der Waals surface area contributed by atoms with Crippen LogP contribution in [-0.4, -0.2) is 31.7 Å². The first-order valence-corrected chi connectivity index (χ1v) is 6.98. The SMILES string of the molecule is CCNC1COCC1C(=O)Nc1ccc(Br)cc1F. The molecule has 0 aliphatic carbocycles. The zero-order chi connectivity index (χ0) is 13.8. The summed E-state index contributed by atoms with van der Waals surface area (Å²) >= 11 is 3.18. The molecule has 19 heavy (non-hydrogen) atoms. The molecule has 1 aromatic carbocycles. The standard InChI is InChI=1S/C13H16BrFN2O2/c1-2-16-12-7-19-6-9(12)13(18)17-11-4-3-8(14)5-10(11)15/h3-5,9,12,16H,2,6-7H2,1H3,(H,17,18). The van der Waals surface area contributed by atoms with Gasteiger partial charge < -0.3 is 15.4 Å². The molecule has 2 atom stereocenters. The third-order valence-electron chi connectivity index (χ3n) is 3.07. The molecule has 1 aromatic rings. The fourth-order valence-corrected chi connectivity index (χ4v) is 2.43. The van der Waals surface area contributed by atoms with Crippen molar-refractivity contribution in [1.29, 1.82) is 0 Å². The number of amides is 1. The summed E-state index contributed by atoms with van der Waals surface area (Å²) in [5.74, 6) is -0.964. The highest BCUT2D eigenvalue weighted by atomic mass is 79.9. The van der Waals surface area contributed by atoms with Gasteiger partial charge in [0, 0.05) is 10.5 Å². The number of benzene rings is 1. The number of carbonyl (C=O) groups is 1. The highest BCUT2D eigenvalue weighted by molar-refractivity contribution is 9.10. The van der Waals surface area contributed by atoms with E-state index in [0.29, 0.717) is 17.7 Å². The Morgan fingerprint density at radius 2 is 2.32 bits per heavy atom. The summed E-state index contributed by atoms with van der Waals surface area (Å²) in [6.07, 6.45) is 0. The number of ether oxygens (including phenoxy) is 1. The summed E-state index contributed by atoms with van der Waals surface area (Å²) in [4.78, 5) is 12.1. The summed E-state index contributed by atoms with van der Waals surface area (Å²) in [6, 6.07) is 4.53. The second-order valence-electron chi connectivity index (χ2n) is 4.42. The van der Waals surface area contributed by atoms with E-state index in [1.165, 1.54) is 12.1 Å². The van der Waals surface area contributed by atoms with E-state index in [1.807, 2.05) is 6.92 Å². The van der Waals surface area contributed by atoms with Crippen LogP contribution in [0.2, 0.25) is 0 Å². The van der Waals surface area contributed by atoms with Crippen LogP contribution in [0.1, 0.15) is 6.92 Å². The van der Waals surface area contributed by atoms with E-state index in [0.717, 1.165) is 6.54 Å². The van der Waals surface area contributed by atoms with Gasteiger partial charge >= 0.3 is 0 Å². The minimum atomic E-state index is -0.457. The van der Waals surface area contributed by atoms with Gasteiger partial charge in [0.25, 0.3) is 0 Å². The third kappa shape index (κ3) is 3.52. The zero-order valence-corrected chi connectivity index (χ0v) is 12.2. The summed E-state index contributed by atoms with van der Waals surface area (Å²) in [5, 5.41) is 5.81. The van der Waals surface area contributed by atoms with E-state index in [9.17, 15) is 9.18 Å². The smallest absolute Gasteiger partial charge is 0.231 e. The van der Waals surface area contributed by atoms with Crippen molar-refractivity contribution in [2.24, 2.45) is 5.92 Å². The Morgan fingerprint density at radius 1 is 1.53 bits per heavy atom. The molecule has 4 nitrogen and oxygen atoms in total. The Kier molecular flexibility index (Phi) is 4.90. The van der Waals surface area contributed by atoms with E-state index in [4.69, 9.17) is 4.74 Å². The monoisotopic (exact) mass is 330 g/mol. The number of nitrogens with one attached hydrogen (secondary N) is 2. The second kappa shape index (κ2) is 6.45. The van der Waals surface area contributed by atoms with Gasteiger partial charge in [-0.3, -0.25) is 4.79 Å². The Labute approximate surface area is 119 Å². The van der Waals surface area contributed by atoms with Crippen molar-refractivity contribution in [3.8, 4) is 0 Å². The molecular formula is C13H16BrFN2O2. The molecule has 0 bridgehead atoms. The fraction of sp³-hybridized carbons (Fsp3) is 0.462. The third-order valence-corrected chi connectivity index (χ3v) is 3.57. The first kappa shape index (κ1) is 14.4. The second-order valence-corrected chi connectivity index (χ2v) is 5.34. The summed E-state index contributed by atoms with van der Waals surface area (Å²) in [5.41, 5.74) is 0.190. The van der Waals surface area contributed by atoms with Crippen LogP contribution in [0, 0.1) is 11.7 Å². The Balaban J connectivity index is 2.04. The molecule has 1 saturated heterocycles. The van der Waals surface area contributed by atoms with Crippen LogP contribution in [0.5, 0.6) is 0 Å². The molecule has 0 aromatic heterocycles. The van der Waals surface area contributed by atoms with Crippen molar-refractivity contribution >= 4 is 27.5 Å². The van der Waals surface area contributed by atoms with Crippen molar-refractivity contribution in [2.75, 3.05) is 25.1 Å². The van der Waals surface area contributed by atoms with Gasteiger partial charge in [0.05, 0.1) is 24.8 Å². The van der Waals surface area contributed by atoms with Crippen LogP contribution in [-0.2, 0) is 9.53 Å². The summed E-state index contributed by atoms with van der Waals surface area (Å²) in [6.45, 7) is 3.61. The molecule has 0 spiro atoms. The Morgan fingerprint density at radius 3 is 3.00 bits per heavy atom. The van der Waals surface area contributed by atoms with Gasteiger partial charge in [-0.2, -0.15) is 0 Å². The minimum absolute atomic E-state index is 0.0106. The van der Waals surface area contributed by atoms with Crippen molar-refractivity contribution < 1.29 is 13.9 Å². The lowest BCUT2D eigenvalue weighted by molar-refractivity contribution is -0.120. The van der Waals surface area contributed by atoms with Gasteiger partial charge in [0.15, 0.2) is 0 Å². The number of hydrogen-bond acceptors (Lipinski definition) is 3. The first-order valence-electron chi connectivity index (χ1n) is 6.19. The predicted molar refractivity (Wildman–Crippen MR) is 74.5 cm³/mol. The maximum absolute atomic E-state index is 13.7. The number of carbonyl (C=O) groups excluding carboxylic acids is 1. The van der Waals surface area contributed by atoms with Crippen LogP contribution in [0.3, 0.4) is 0 Å². The van der Waals surface area contributed by atoms with E-state index in [1.54, 1.807) is 6.07 Å². The topological polar surface area (TPSA) is 50.4 Å². The van der Waals surface area contributed by atoms with E-state index < -0.39 is 5.82 Å². The molecule has 104 valence electrons. The largest absolute Gasteiger partial charge is 0.379 e. The van der Waals surface area contributed by atoms with E-state index in [-0.39, 0.29) is 23.6 Å². The van der Waals surface area contributed by atoms with Gasteiger partial charge in [-0.05, 0) is 24.7 Å². The molecule has 2 rings (SSSR count). The minimum Gasteiger partial charge on any atom is -0.379 e. The first-order chi connectivity index (χ1) is 9.11. The van der Waals surface area contributed by atoms with Gasteiger partial charge in [0.2, 0.25) is 5.91 Å². The van der Waals surface area contributed by atoms with Crippen LogP contribution in [0.4, 0.5) is 10.1 Å². The average Bonchev–Trinajstić information content (AvgIpc) is 2.81. The van der Waals surface area contributed by atoms with E-state index in [2.05, 4.69) is 26.6 Å². The zero-order valence-electron chi connectivity index (χ0n) is 10.6. The lowest BCUT2D eigenvalue weighted by Gasteiger charge is -2.18. The molecule has 2 N–H and O–H groups in total. The Bertz CT molecular complexity index is 470. The summed E-state index contributed by atoms with van der Waals surface area (Å²) < 4.78 is 19.6. The molecule has 6 heteroatoms. The van der Waals surface area contributed by atoms with Crippen molar-refractivity contribution in [2.45, 2.75) is 13.0 Å². The quantitative estimate of drug-likeness (QED) is 0.889. The molecule has 0 saturated carbocycles. The Hall–Kier alpha value is -0.980. The fourth-order valence-electron chi connectivity index (χ4n) is 2.09. The normalized spacial score (nSPS) is 22.5. The molecule has 1 aliphatic heterocycles. The van der Waals surface area contributed by atoms with Gasteiger partial charge in [-0.1, -0.05) is 22.9 Å². The maximum atomic E-state index is 13.7. The van der Waals surface area contributed by atoms with Crippen LogP contribution >= 0.6 is 15.9 Å². The van der Waals surface area contributed by atoms with Crippen LogP contribution in [0.25, 0.3) is 0 Å². The lowest BCUT2D eigenvalue weighted by Crippen LogP contribution is -2.41. The molecular weight excluding hydrogens is 315 g/mol. The average molecular weight is 331 g/mol. The molecule has 1 fully saturated rings. The van der Waals surface area contributed by atoms with Gasteiger partial charge in [-0.15, -0.1) is 0 Å².